The molecule has 0 aromatic heterocycles. The molecular weight excluding hydrogens is 370 g/mol. The van der Waals surface area contributed by atoms with Crippen molar-refractivity contribution in [1.82, 2.24) is 6.15 Å². The maximum absolute atomic E-state index is 12.3. The van der Waals surface area contributed by atoms with Crippen LogP contribution in [0.4, 0.5) is 0 Å². The molecule has 0 atom stereocenters. The molecule has 0 unspecified atom stereocenters. The average Bonchev–Trinajstić information content (AvgIpc) is 2.64. The van der Waals surface area contributed by atoms with Crippen molar-refractivity contribution in [2.75, 3.05) is 6.61 Å². The molecule has 0 aliphatic heterocycles. The molecule has 0 radical (unpaired) electrons. The predicted molar refractivity (Wildman–Crippen MR) is 120 cm³/mol. The molecular formula is C23H43NO3S. The van der Waals surface area contributed by atoms with Gasteiger partial charge in [0.05, 0.1) is 11.5 Å². The Labute approximate surface area is 174 Å². The van der Waals surface area contributed by atoms with E-state index in [1.54, 1.807) is 12.1 Å². The Kier molecular flexibility index (Phi) is 15.4. The van der Waals surface area contributed by atoms with Crippen LogP contribution in [0.1, 0.15) is 102 Å². The summed E-state index contributed by atoms with van der Waals surface area (Å²) in [6, 6.07) is 5.31. The quantitative estimate of drug-likeness (QED) is 0.228. The first-order chi connectivity index (χ1) is 13.0. The highest BCUT2D eigenvalue weighted by Crippen LogP contribution is 2.20. The zero-order valence-corrected chi connectivity index (χ0v) is 19.3. The number of aryl methyl sites for hydroxylation is 1. The average molecular weight is 414 g/mol. The highest BCUT2D eigenvalue weighted by Gasteiger charge is 2.18. The van der Waals surface area contributed by atoms with Crippen LogP contribution in [0.15, 0.2) is 23.1 Å². The molecule has 1 rings (SSSR count). The van der Waals surface area contributed by atoms with Gasteiger partial charge in [-0.15, -0.1) is 0 Å². The minimum atomic E-state index is -3.63. The summed E-state index contributed by atoms with van der Waals surface area (Å²) in [7, 11) is -3.63. The van der Waals surface area contributed by atoms with Crippen molar-refractivity contribution in [3.63, 3.8) is 0 Å². The van der Waals surface area contributed by atoms with Crippen LogP contribution in [0.2, 0.25) is 0 Å². The van der Waals surface area contributed by atoms with E-state index < -0.39 is 10.1 Å². The van der Waals surface area contributed by atoms with E-state index in [-0.39, 0.29) is 12.8 Å². The molecule has 0 aliphatic carbocycles. The van der Waals surface area contributed by atoms with E-state index in [2.05, 4.69) is 6.92 Å². The summed E-state index contributed by atoms with van der Waals surface area (Å²) in [6.07, 6.45) is 16.6. The zero-order chi connectivity index (χ0) is 20.0. The van der Waals surface area contributed by atoms with Crippen molar-refractivity contribution in [1.29, 1.82) is 0 Å². The summed E-state index contributed by atoms with van der Waals surface area (Å²) in [6.45, 7) is 6.29. The van der Waals surface area contributed by atoms with Crippen LogP contribution in [0.5, 0.6) is 0 Å². The van der Waals surface area contributed by atoms with Gasteiger partial charge in [-0.2, -0.15) is 8.42 Å². The number of rotatable bonds is 16. The van der Waals surface area contributed by atoms with E-state index in [0.717, 1.165) is 24.0 Å². The predicted octanol–water partition coefficient (Wildman–Crippen LogP) is 7.26. The first kappa shape index (κ1) is 27.1. The van der Waals surface area contributed by atoms with Crippen molar-refractivity contribution >= 4 is 10.1 Å². The largest absolute Gasteiger partial charge is 0.344 e. The van der Waals surface area contributed by atoms with Gasteiger partial charge in [0.15, 0.2) is 0 Å². The van der Waals surface area contributed by atoms with Crippen molar-refractivity contribution < 1.29 is 12.6 Å². The molecule has 0 heterocycles. The highest BCUT2D eigenvalue weighted by molar-refractivity contribution is 7.86. The molecule has 3 N–H and O–H groups in total. The molecule has 0 bridgehead atoms. The Morgan fingerprint density at radius 2 is 1.21 bits per heavy atom. The summed E-state index contributed by atoms with van der Waals surface area (Å²) in [5, 5.41) is 0. The van der Waals surface area contributed by atoms with E-state index in [9.17, 15) is 8.42 Å². The van der Waals surface area contributed by atoms with Crippen LogP contribution in [0.3, 0.4) is 0 Å². The third kappa shape index (κ3) is 11.2. The third-order valence-corrected chi connectivity index (χ3v) is 6.77. The summed E-state index contributed by atoms with van der Waals surface area (Å²) >= 11 is 0. The topological polar surface area (TPSA) is 78.4 Å². The molecule has 0 amide bonds. The molecule has 0 saturated heterocycles. The minimum absolute atomic E-state index is 0. The molecule has 5 heteroatoms. The Hall–Kier alpha value is -0.910. The van der Waals surface area contributed by atoms with E-state index >= 15 is 0 Å². The molecule has 0 spiro atoms. The number of hydrogen-bond donors (Lipinski definition) is 1. The number of benzene rings is 1. The molecule has 0 aliphatic rings. The fourth-order valence-corrected chi connectivity index (χ4v) is 4.59. The Bertz CT molecular complexity index is 614. The van der Waals surface area contributed by atoms with Crippen molar-refractivity contribution in [2.24, 2.45) is 0 Å². The van der Waals surface area contributed by atoms with Gasteiger partial charge in [-0.1, -0.05) is 96.1 Å². The van der Waals surface area contributed by atoms with Crippen molar-refractivity contribution in [2.45, 2.75) is 109 Å². The first-order valence-corrected chi connectivity index (χ1v) is 12.4. The lowest BCUT2D eigenvalue weighted by molar-refractivity contribution is 0.306. The lowest BCUT2D eigenvalue weighted by atomic mass is 10.0. The number of unbranched alkanes of at least 4 members (excludes halogenated alkanes) is 12. The Morgan fingerprint density at radius 1 is 0.750 bits per heavy atom. The van der Waals surface area contributed by atoms with E-state index in [4.69, 9.17) is 4.18 Å². The van der Waals surface area contributed by atoms with Gasteiger partial charge >= 0.3 is 0 Å². The molecule has 4 nitrogen and oxygen atoms in total. The smallest absolute Gasteiger partial charge is 0.297 e. The van der Waals surface area contributed by atoms with E-state index in [0.29, 0.717) is 4.90 Å². The van der Waals surface area contributed by atoms with Gasteiger partial charge in [0.1, 0.15) is 0 Å². The second-order valence-corrected chi connectivity index (χ2v) is 9.30. The molecule has 1 aromatic rings. The van der Waals surface area contributed by atoms with Crippen LogP contribution in [-0.4, -0.2) is 15.0 Å². The van der Waals surface area contributed by atoms with Crippen LogP contribution in [-0.2, 0) is 14.3 Å². The van der Waals surface area contributed by atoms with Gasteiger partial charge in [-0.3, -0.25) is 4.18 Å². The monoisotopic (exact) mass is 413 g/mol. The zero-order valence-electron chi connectivity index (χ0n) is 18.5. The highest BCUT2D eigenvalue weighted by atomic mass is 32.2. The fourth-order valence-electron chi connectivity index (χ4n) is 3.35. The lowest BCUT2D eigenvalue weighted by Gasteiger charge is -2.10. The van der Waals surface area contributed by atoms with E-state index in [1.165, 1.54) is 70.6 Å². The fraction of sp³-hybridized carbons (Fsp3) is 0.739. The van der Waals surface area contributed by atoms with E-state index in [1.807, 2.05) is 19.9 Å². The minimum Gasteiger partial charge on any atom is -0.344 e. The van der Waals surface area contributed by atoms with Crippen LogP contribution >= 0.6 is 0 Å². The molecule has 28 heavy (non-hydrogen) atoms. The lowest BCUT2D eigenvalue weighted by Crippen LogP contribution is -2.09. The van der Waals surface area contributed by atoms with Crippen molar-refractivity contribution in [3.05, 3.63) is 29.3 Å². The summed E-state index contributed by atoms with van der Waals surface area (Å²) < 4.78 is 29.8. The second-order valence-electron chi connectivity index (χ2n) is 7.72. The molecule has 0 fully saturated rings. The Morgan fingerprint density at radius 3 is 1.71 bits per heavy atom. The third-order valence-electron chi connectivity index (χ3n) is 5.31. The first-order valence-electron chi connectivity index (χ1n) is 10.9. The molecule has 164 valence electrons. The number of hydrogen-bond acceptors (Lipinski definition) is 4. The summed E-state index contributed by atoms with van der Waals surface area (Å²) in [4.78, 5) is 0.303. The van der Waals surface area contributed by atoms with Gasteiger partial charge in [0.2, 0.25) is 0 Å². The van der Waals surface area contributed by atoms with Gasteiger partial charge in [0, 0.05) is 0 Å². The van der Waals surface area contributed by atoms with Gasteiger partial charge in [-0.25, -0.2) is 0 Å². The molecule has 0 saturated carbocycles. The Balaban J connectivity index is 0.00000729. The second kappa shape index (κ2) is 15.9. The van der Waals surface area contributed by atoms with Gasteiger partial charge in [-0.05, 0) is 37.5 Å². The van der Waals surface area contributed by atoms with Gasteiger partial charge < -0.3 is 6.15 Å². The van der Waals surface area contributed by atoms with Crippen LogP contribution in [0.25, 0.3) is 0 Å². The normalized spacial score (nSPS) is 11.4. The standard InChI is InChI=1S/C23H40O3S.H3N/c1-4-5-6-7-8-9-10-11-12-13-14-15-16-20-26-27(24,25)23-19-17-18-21(2)22(23)3;/h17-19H,4-16,20H2,1-3H3;1H3. The van der Waals surface area contributed by atoms with Crippen LogP contribution in [0, 0.1) is 13.8 Å². The molecule has 1 aromatic carbocycles. The van der Waals surface area contributed by atoms with Crippen LogP contribution < -0.4 is 6.15 Å². The maximum Gasteiger partial charge on any atom is 0.297 e. The maximum atomic E-state index is 12.3. The summed E-state index contributed by atoms with van der Waals surface area (Å²) in [5.41, 5.74) is 1.75. The SMILES string of the molecule is CCCCCCCCCCCCCCCOS(=O)(=O)c1cccc(C)c1C.N. The summed E-state index contributed by atoms with van der Waals surface area (Å²) in [5.74, 6) is 0. The van der Waals surface area contributed by atoms with Crippen molar-refractivity contribution in [3.8, 4) is 0 Å². The van der Waals surface area contributed by atoms with Gasteiger partial charge in [0.25, 0.3) is 10.1 Å².